The van der Waals surface area contributed by atoms with Crippen LogP contribution in [0.3, 0.4) is 0 Å². The summed E-state index contributed by atoms with van der Waals surface area (Å²) in [4.78, 5) is 23.9. The molecule has 0 saturated heterocycles. The molecule has 1 unspecified atom stereocenters. The van der Waals surface area contributed by atoms with Gasteiger partial charge in [-0.25, -0.2) is 0 Å². The molecule has 1 atom stereocenters. The van der Waals surface area contributed by atoms with Crippen LogP contribution in [0.4, 0.5) is 0 Å². The van der Waals surface area contributed by atoms with Gasteiger partial charge in [0.05, 0.1) is 6.54 Å². The quantitative estimate of drug-likeness (QED) is 0.692. The van der Waals surface area contributed by atoms with E-state index in [0.29, 0.717) is 6.54 Å². The summed E-state index contributed by atoms with van der Waals surface area (Å²) in [5, 5.41) is 7.41. The van der Waals surface area contributed by atoms with Crippen LogP contribution in [0.5, 0.6) is 0 Å². The van der Waals surface area contributed by atoms with Crippen LogP contribution in [-0.4, -0.2) is 23.6 Å². The Kier molecular flexibility index (Phi) is 6.21. The number of thiol groups is 1. The molecule has 0 aliphatic heterocycles. The molecule has 1 heterocycles. The van der Waals surface area contributed by atoms with E-state index < -0.39 is 6.04 Å². The van der Waals surface area contributed by atoms with E-state index in [-0.39, 0.29) is 17.6 Å². The summed E-state index contributed by atoms with van der Waals surface area (Å²) >= 11 is 5.69. The molecule has 18 heavy (non-hydrogen) atoms. The molecule has 1 rings (SSSR count). The molecule has 0 aliphatic rings. The highest BCUT2D eigenvalue weighted by Gasteiger charge is 2.17. The van der Waals surface area contributed by atoms with E-state index in [4.69, 9.17) is 0 Å². The maximum atomic E-state index is 11.8. The summed E-state index contributed by atoms with van der Waals surface area (Å²) in [5.74, 6) is -0.138. The number of hydrogen-bond donors (Lipinski definition) is 3. The van der Waals surface area contributed by atoms with Crippen LogP contribution < -0.4 is 10.6 Å². The largest absolute Gasteiger partial charge is 0.349 e. The normalized spacial score (nSPS) is 11.9. The zero-order valence-electron chi connectivity index (χ0n) is 10.5. The van der Waals surface area contributed by atoms with E-state index in [1.165, 1.54) is 12.5 Å². The number of hydrogen-bond acceptors (Lipinski definition) is 4. The van der Waals surface area contributed by atoms with Crippen molar-refractivity contribution in [3.05, 3.63) is 21.9 Å². The summed E-state index contributed by atoms with van der Waals surface area (Å²) in [6.07, 6.45) is 0.955. The Labute approximate surface area is 117 Å². The third kappa shape index (κ3) is 4.34. The lowest BCUT2D eigenvalue weighted by molar-refractivity contribution is -0.127. The maximum absolute atomic E-state index is 11.8. The number of thiophene rings is 1. The summed E-state index contributed by atoms with van der Waals surface area (Å²) < 4.78 is 0. The van der Waals surface area contributed by atoms with Crippen molar-refractivity contribution in [3.63, 3.8) is 0 Å². The van der Waals surface area contributed by atoms with Gasteiger partial charge in [-0.15, -0.1) is 11.3 Å². The molecular weight excluding hydrogens is 268 g/mol. The molecular formula is C12H18N2O2S2. The zero-order valence-corrected chi connectivity index (χ0v) is 12.2. The van der Waals surface area contributed by atoms with E-state index >= 15 is 0 Å². The number of rotatable bonds is 6. The van der Waals surface area contributed by atoms with Crippen LogP contribution in [0.1, 0.15) is 24.3 Å². The summed E-state index contributed by atoms with van der Waals surface area (Å²) in [7, 11) is 0. The molecule has 0 aliphatic carbocycles. The highest BCUT2D eigenvalue weighted by molar-refractivity contribution is 7.80. The topological polar surface area (TPSA) is 58.2 Å². The van der Waals surface area contributed by atoms with Crippen molar-refractivity contribution >= 4 is 35.8 Å². The lowest BCUT2D eigenvalue weighted by Crippen LogP contribution is -2.47. The third-order valence-corrected chi connectivity index (χ3v) is 3.85. The van der Waals surface area contributed by atoms with Crippen molar-refractivity contribution in [2.75, 3.05) is 5.75 Å². The van der Waals surface area contributed by atoms with Crippen LogP contribution in [0.15, 0.2) is 11.4 Å². The summed E-state index contributed by atoms with van der Waals surface area (Å²) in [5.41, 5.74) is 1.25. The molecule has 0 saturated carbocycles. The first kappa shape index (κ1) is 15.0. The monoisotopic (exact) mass is 286 g/mol. The Morgan fingerprint density at radius 2 is 2.22 bits per heavy atom. The lowest BCUT2D eigenvalue weighted by Gasteiger charge is -2.15. The van der Waals surface area contributed by atoms with Gasteiger partial charge >= 0.3 is 0 Å². The van der Waals surface area contributed by atoms with Crippen molar-refractivity contribution < 1.29 is 9.59 Å². The van der Waals surface area contributed by atoms with E-state index in [1.807, 2.05) is 5.38 Å². The second kappa shape index (κ2) is 7.43. The smallest absolute Gasteiger partial charge is 0.243 e. The second-order valence-corrected chi connectivity index (χ2v) is 5.24. The molecule has 0 spiro atoms. The van der Waals surface area contributed by atoms with Gasteiger partial charge in [-0.1, -0.05) is 6.92 Å². The Morgan fingerprint density at radius 1 is 1.50 bits per heavy atom. The average Bonchev–Trinajstić information content (AvgIpc) is 2.80. The molecule has 2 amide bonds. The number of amides is 2. The SMILES string of the molecule is CCc1ccsc1CNC(=O)C(CS)NC(C)=O. The highest BCUT2D eigenvalue weighted by Crippen LogP contribution is 2.16. The van der Waals surface area contributed by atoms with E-state index in [9.17, 15) is 9.59 Å². The van der Waals surface area contributed by atoms with Gasteiger partial charge in [-0.3, -0.25) is 9.59 Å². The molecule has 4 nitrogen and oxygen atoms in total. The number of aryl methyl sites for hydroxylation is 1. The van der Waals surface area contributed by atoms with Gasteiger partial charge in [0, 0.05) is 17.6 Å². The first-order valence-corrected chi connectivity index (χ1v) is 7.30. The van der Waals surface area contributed by atoms with Gasteiger partial charge in [0.15, 0.2) is 0 Å². The van der Waals surface area contributed by atoms with Crippen LogP contribution >= 0.6 is 24.0 Å². The fourth-order valence-electron chi connectivity index (χ4n) is 1.57. The van der Waals surface area contributed by atoms with Crippen molar-refractivity contribution in [1.82, 2.24) is 10.6 Å². The molecule has 1 aromatic heterocycles. The molecule has 0 radical (unpaired) electrons. The first-order valence-electron chi connectivity index (χ1n) is 5.79. The minimum absolute atomic E-state index is 0.198. The maximum Gasteiger partial charge on any atom is 0.243 e. The van der Waals surface area contributed by atoms with Gasteiger partial charge in [-0.05, 0) is 23.4 Å². The minimum atomic E-state index is -0.573. The third-order valence-electron chi connectivity index (χ3n) is 2.52. The van der Waals surface area contributed by atoms with Gasteiger partial charge in [0.1, 0.15) is 6.04 Å². The number of nitrogens with one attached hydrogen (secondary N) is 2. The number of carbonyl (C=O) groups excluding carboxylic acids is 2. The predicted octanol–water partition coefficient (Wildman–Crippen LogP) is 1.36. The van der Waals surface area contributed by atoms with E-state index in [0.717, 1.165) is 11.3 Å². The fraction of sp³-hybridized carbons (Fsp3) is 0.500. The molecule has 2 N–H and O–H groups in total. The van der Waals surface area contributed by atoms with Crippen LogP contribution in [0.25, 0.3) is 0 Å². The van der Waals surface area contributed by atoms with Crippen molar-refractivity contribution in [1.29, 1.82) is 0 Å². The van der Waals surface area contributed by atoms with Crippen molar-refractivity contribution in [2.24, 2.45) is 0 Å². The predicted molar refractivity (Wildman–Crippen MR) is 77.0 cm³/mol. The molecule has 0 fully saturated rings. The second-order valence-electron chi connectivity index (χ2n) is 3.88. The molecule has 1 aromatic rings. The summed E-state index contributed by atoms with van der Waals surface area (Å²) in [6, 6.07) is 1.49. The molecule has 100 valence electrons. The number of carbonyl (C=O) groups is 2. The average molecular weight is 286 g/mol. The standard InChI is InChI=1S/C12H18N2O2S2/c1-3-9-4-5-18-11(9)6-13-12(16)10(7-17)14-8(2)15/h4-5,10,17H,3,6-7H2,1-2H3,(H,13,16)(H,14,15). The minimum Gasteiger partial charge on any atom is -0.349 e. The van der Waals surface area contributed by atoms with Crippen molar-refractivity contribution in [3.8, 4) is 0 Å². The van der Waals surface area contributed by atoms with Gasteiger partial charge < -0.3 is 10.6 Å². The molecule has 0 bridgehead atoms. The van der Waals surface area contributed by atoms with Crippen LogP contribution in [0, 0.1) is 0 Å². The van der Waals surface area contributed by atoms with Gasteiger partial charge in [-0.2, -0.15) is 12.6 Å². The Balaban J connectivity index is 2.51. The van der Waals surface area contributed by atoms with Gasteiger partial charge in [0.2, 0.25) is 11.8 Å². The van der Waals surface area contributed by atoms with E-state index in [1.54, 1.807) is 11.3 Å². The highest BCUT2D eigenvalue weighted by atomic mass is 32.1. The first-order chi connectivity index (χ1) is 8.58. The van der Waals surface area contributed by atoms with Crippen LogP contribution in [-0.2, 0) is 22.6 Å². The Morgan fingerprint density at radius 3 is 2.78 bits per heavy atom. The van der Waals surface area contributed by atoms with Crippen molar-refractivity contribution in [2.45, 2.75) is 32.9 Å². The Bertz CT molecular complexity index is 418. The molecule has 0 aromatic carbocycles. The zero-order chi connectivity index (χ0) is 13.5. The van der Waals surface area contributed by atoms with Gasteiger partial charge in [0.25, 0.3) is 0 Å². The fourth-order valence-corrected chi connectivity index (χ4v) is 2.74. The molecule has 6 heteroatoms. The lowest BCUT2D eigenvalue weighted by atomic mass is 10.2. The van der Waals surface area contributed by atoms with Crippen LogP contribution in [0.2, 0.25) is 0 Å². The van der Waals surface area contributed by atoms with E-state index in [2.05, 4.69) is 36.3 Å². The Hall–Kier alpha value is -1.01. The summed E-state index contributed by atoms with van der Waals surface area (Å²) in [6.45, 7) is 3.98.